The van der Waals surface area contributed by atoms with E-state index in [-0.39, 0.29) is 6.42 Å². The molecule has 0 spiro atoms. The molecule has 0 aliphatic rings. The smallest absolute Gasteiger partial charge is 0.303 e. The molecule has 0 amide bonds. The molecule has 0 saturated carbocycles. The van der Waals surface area contributed by atoms with Gasteiger partial charge in [0.25, 0.3) is 0 Å². The summed E-state index contributed by atoms with van der Waals surface area (Å²) in [6.45, 7) is 9.35. The van der Waals surface area contributed by atoms with Gasteiger partial charge in [0, 0.05) is 6.42 Å². The topological polar surface area (TPSA) is 37.3 Å². The average Bonchev–Trinajstić information content (AvgIpc) is 2.65. The number of unbranched alkanes of at least 4 members (excludes halogenated alkanes) is 4. The van der Waals surface area contributed by atoms with Gasteiger partial charge in [0.2, 0.25) is 0 Å². The lowest BCUT2D eigenvalue weighted by Crippen LogP contribution is -1.95. The quantitative estimate of drug-likeness (QED) is 0.172. The summed E-state index contributed by atoms with van der Waals surface area (Å²) in [5, 5.41) is 8.57. The lowest BCUT2D eigenvalue weighted by molar-refractivity contribution is -0.137. The van der Waals surface area contributed by atoms with Crippen molar-refractivity contribution in [2.75, 3.05) is 0 Å². The number of hydrogen-bond donors (Lipinski definition) is 1. The first-order valence-electron chi connectivity index (χ1n) is 12.1. The van der Waals surface area contributed by atoms with Gasteiger partial charge in [-0.05, 0) is 69.1 Å². The zero-order valence-corrected chi connectivity index (χ0v) is 19.7. The first-order valence-corrected chi connectivity index (χ1v) is 12.1. The summed E-state index contributed by atoms with van der Waals surface area (Å²) in [7, 11) is 0. The van der Waals surface area contributed by atoms with Crippen molar-refractivity contribution in [3.05, 3.63) is 36.5 Å². The highest BCUT2D eigenvalue weighted by Gasteiger charge is 2.02. The number of carbonyl (C=O) groups is 1. The minimum Gasteiger partial charge on any atom is -0.481 e. The Morgan fingerprint density at radius 1 is 0.724 bits per heavy atom. The molecule has 0 aromatic rings. The lowest BCUT2D eigenvalue weighted by Gasteiger charge is -2.10. The molecule has 2 atom stereocenters. The van der Waals surface area contributed by atoms with Crippen molar-refractivity contribution >= 4 is 5.97 Å². The average molecular weight is 405 g/mol. The highest BCUT2D eigenvalue weighted by molar-refractivity contribution is 5.66. The van der Waals surface area contributed by atoms with Crippen LogP contribution in [0.15, 0.2) is 36.5 Å². The summed E-state index contributed by atoms with van der Waals surface area (Å²) in [6, 6.07) is 0. The molecule has 2 nitrogen and oxygen atoms in total. The van der Waals surface area contributed by atoms with Crippen molar-refractivity contribution in [1.82, 2.24) is 0 Å². The van der Waals surface area contributed by atoms with Crippen molar-refractivity contribution in [3.8, 4) is 0 Å². The summed E-state index contributed by atoms with van der Waals surface area (Å²) >= 11 is 0. The van der Waals surface area contributed by atoms with Crippen LogP contribution < -0.4 is 0 Å². The maximum Gasteiger partial charge on any atom is 0.303 e. The monoisotopic (exact) mass is 404 g/mol. The Kier molecular flexibility index (Phi) is 19.1. The molecular formula is C27H48O2. The standard InChI is InChI=1S/C27H48O2/c1-24(2)18-16-20-26(4)22-17-21-25(3)19-14-12-10-8-6-5-7-9-11-13-15-23-27(28)29/h6,8-9,11,17,22,24-26H,5,7,10,12-16,18-21,23H2,1-4H3,(H,28,29)/b8-6-,11-9-,22-17-. The molecule has 0 aromatic carbocycles. The van der Waals surface area contributed by atoms with Crippen molar-refractivity contribution in [3.63, 3.8) is 0 Å². The van der Waals surface area contributed by atoms with Gasteiger partial charge in [-0.15, -0.1) is 0 Å². The van der Waals surface area contributed by atoms with Crippen LogP contribution in [0.2, 0.25) is 0 Å². The van der Waals surface area contributed by atoms with E-state index in [1.165, 1.54) is 51.4 Å². The molecular weight excluding hydrogens is 356 g/mol. The Morgan fingerprint density at radius 2 is 1.34 bits per heavy atom. The highest BCUT2D eigenvalue weighted by atomic mass is 16.4. The van der Waals surface area contributed by atoms with Crippen LogP contribution in [0.25, 0.3) is 0 Å². The third-order valence-electron chi connectivity index (χ3n) is 5.36. The highest BCUT2D eigenvalue weighted by Crippen LogP contribution is 2.17. The van der Waals surface area contributed by atoms with E-state index in [9.17, 15) is 4.79 Å². The number of rotatable bonds is 19. The van der Waals surface area contributed by atoms with Gasteiger partial charge in [-0.1, -0.05) is 89.8 Å². The molecule has 0 aliphatic carbocycles. The Balaban J connectivity index is 3.53. The molecule has 0 bridgehead atoms. The van der Waals surface area contributed by atoms with Gasteiger partial charge in [0.05, 0.1) is 0 Å². The predicted molar refractivity (Wildman–Crippen MR) is 128 cm³/mol. The Labute approximate surface area is 181 Å². The van der Waals surface area contributed by atoms with Crippen LogP contribution in [0.3, 0.4) is 0 Å². The molecule has 0 fully saturated rings. The summed E-state index contributed by atoms with van der Waals surface area (Å²) in [5.74, 6) is 1.66. The van der Waals surface area contributed by atoms with Crippen LogP contribution in [-0.2, 0) is 4.79 Å². The summed E-state index contributed by atoms with van der Waals surface area (Å²) in [4.78, 5) is 10.4. The van der Waals surface area contributed by atoms with E-state index in [1.807, 2.05) is 0 Å². The fourth-order valence-electron chi connectivity index (χ4n) is 3.40. The molecule has 0 aliphatic heterocycles. The Hall–Kier alpha value is -1.31. The lowest BCUT2D eigenvalue weighted by atomic mass is 9.96. The van der Waals surface area contributed by atoms with Gasteiger partial charge in [0.15, 0.2) is 0 Å². The van der Waals surface area contributed by atoms with Crippen LogP contribution in [0.5, 0.6) is 0 Å². The molecule has 29 heavy (non-hydrogen) atoms. The van der Waals surface area contributed by atoms with Crippen LogP contribution in [0.4, 0.5) is 0 Å². The van der Waals surface area contributed by atoms with Gasteiger partial charge in [-0.3, -0.25) is 4.79 Å². The van der Waals surface area contributed by atoms with E-state index in [1.54, 1.807) is 0 Å². The molecule has 168 valence electrons. The molecule has 1 N–H and O–H groups in total. The second kappa shape index (κ2) is 20.0. The maximum atomic E-state index is 10.4. The number of hydrogen-bond acceptors (Lipinski definition) is 1. The van der Waals surface area contributed by atoms with Crippen LogP contribution in [0, 0.1) is 17.8 Å². The van der Waals surface area contributed by atoms with Crippen molar-refractivity contribution in [2.24, 2.45) is 17.8 Å². The Morgan fingerprint density at radius 3 is 1.97 bits per heavy atom. The number of aliphatic carboxylic acids is 1. The summed E-state index contributed by atoms with van der Waals surface area (Å²) in [6.07, 6.45) is 28.2. The molecule has 0 aromatic heterocycles. The van der Waals surface area contributed by atoms with Crippen molar-refractivity contribution in [2.45, 2.75) is 111 Å². The van der Waals surface area contributed by atoms with E-state index in [4.69, 9.17) is 5.11 Å². The van der Waals surface area contributed by atoms with Crippen molar-refractivity contribution in [1.29, 1.82) is 0 Å². The largest absolute Gasteiger partial charge is 0.481 e. The predicted octanol–water partition coefficient (Wildman–Crippen LogP) is 8.74. The normalized spacial score (nSPS) is 14.5. The third-order valence-corrected chi connectivity index (χ3v) is 5.36. The van der Waals surface area contributed by atoms with Crippen LogP contribution in [0.1, 0.15) is 111 Å². The molecule has 2 unspecified atom stereocenters. The summed E-state index contributed by atoms with van der Waals surface area (Å²) < 4.78 is 0. The zero-order valence-electron chi connectivity index (χ0n) is 19.7. The van der Waals surface area contributed by atoms with Gasteiger partial charge in [-0.2, -0.15) is 0 Å². The number of carboxylic acid groups (broad SMARTS) is 1. The van der Waals surface area contributed by atoms with Gasteiger partial charge >= 0.3 is 5.97 Å². The minimum atomic E-state index is -0.700. The minimum absolute atomic E-state index is 0.275. The second-order valence-corrected chi connectivity index (χ2v) is 9.16. The van der Waals surface area contributed by atoms with E-state index in [0.29, 0.717) is 0 Å². The van der Waals surface area contributed by atoms with Crippen LogP contribution >= 0.6 is 0 Å². The fraction of sp³-hybridized carbons (Fsp3) is 0.741. The second-order valence-electron chi connectivity index (χ2n) is 9.16. The first-order chi connectivity index (χ1) is 13.9. The zero-order chi connectivity index (χ0) is 21.7. The summed E-state index contributed by atoms with van der Waals surface area (Å²) in [5.41, 5.74) is 0. The molecule has 2 heteroatoms. The van der Waals surface area contributed by atoms with Gasteiger partial charge < -0.3 is 5.11 Å². The first kappa shape index (κ1) is 27.7. The van der Waals surface area contributed by atoms with Crippen LogP contribution in [-0.4, -0.2) is 11.1 Å². The number of allylic oxidation sites excluding steroid dienone is 6. The van der Waals surface area contributed by atoms with E-state index >= 15 is 0 Å². The molecule has 0 radical (unpaired) electrons. The van der Waals surface area contributed by atoms with E-state index in [0.717, 1.165) is 43.4 Å². The van der Waals surface area contributed by atoms with Crippen molar-refractivity contribution < 1.29 is 9.90 Å². The van der Waals surface area contributed by atoms with E-state index < -0.39 is 5.97 Å². The fourth-order valence-corrected chi connectivity index (χ4v) is 3.40. The molecule has 0 saturated heterocycles. The van der Waals surface area contributed by atoms with Gasteiger partial charge in [-0.25, -0.2) is 0 Å². The van der Waals surface area contributed by atoms with Gasteiger partial charge in [0.1, 0.15) is 0 Å². The maximum absolute atomic E-state index is 10.4. The SMILES string of the molecule is CC(C)CCCC(C)/C=C\CC(C)CCCC/C=C\CC/C=C\CCCC(=O)O. The number of carboxylic acids is 1. The van der Waals surface area contributed by atoms with E-state index in [2.05, 4.69) is 64.2 Å². The molecule has 0 heterocycles. The Bertz CT molecular complexity index is 459. The third kappa shape index (κ3) is 22.8. The molecule has 0 rings (SSSR count).